The van der Waals surface area contributed by atoms with Crippen LogP contribution in [0.15, 0.2) is 30.5 Å². The normalized spacial score (nSPS) is 18.8. The van der Waals surface area contributed by atoms with Gasteiger partial charge in [0.05, 0.1) is 6.20 Å². The van der Waals surface area contributed by atoms with Gasteiger partial charge in [0.15, 0.2) is 12.3 Å². The molecular weight excluding hydrogens is 406 g/mol. The predicted molar refractivity (Wildman–Crippen MR) is 111 cm³/mol. The van der Waals surface area contributed by atoms with Crippen LogP contribution in [0.5, 0.6) is 5.75 Å². The molecule has 0 spiro atoms. The largest absolute Gasteiger partial charge is 0.484 e. The maximum absolute atomic E-state index is 12.7. The quantitative estimate of drug-likeness (QED) is 0.694. The van der Waals surface area contributed by atoms with E-state index in [1.54, 1.807) is 35.1 Å². The van der Waals surface area contributed by atoms with Crippen LogP contribution < -0.4 is 10.1 Å². The van der Waals surface area contributed by atoms with E-state index in [1.807, 2.05) is 4.90 Å². The van der Waals surface area contributed by atoms with E-state index in [9.17, 15) is 9.59 Å². The van der Waals surface area contributed by atoms with E-state index in [0.717, 1.165) is 45.1 Å². The molecule has 2 fully saturated rings. The Kier molecular flexibility index (Phi) is 6.52. The van der Waals surface area contributed by atoms with Crippen LogP contribution in [0.1, 0.15) is 49.0 Å². The molecule has 2 heterocycles. The lowest BCUT2D eigenvalue weighted by Crippen LogP contribution is -2.46. The minimum Gasteiger partial charge on any atom is -0.484 e. The lowest BCUT2D eigenvalue weighted by Gasteiger charge is -2.35. The van der Waals surface area contributed by atoms with E-state index in [1.165, 1.54) is 0 Å². The van der Waals surface area contributed by atoms with E-state index in [4.69, 9.17) is 16.3 Å². The lowest BCUT2D eigenvalue weighted by molar-refractivity contribution is -0.137. The molecule has 160 valence electrons. The summed E-state index contributed by atoms with van der Waals surface area (Å²) >= 11 is 5.88. The fraction of sp³-hybridized carbons (Fsp3) is 0.524. The average molecular weight is 432 g/mol. The number of nitrogens with one attached hydrogen (secondary N) is 1. The van der Waals surface area contributed by atoms with Crippen LogP contribution in [0.3, 0.4) is 0 Å². The minimum absolute atomic E-state index is 0.00689. The molecule has 0 radical (unpaired) electrons. The molecule has 4 rings (SSSR count). The molecule has 0 bridgehead atoms. The molecule has 2 aliphatic rings. The Morgan fingerprint density at radius 2 is 1.97 bits per heavy atom. The van der Waals surface area contributed by atoms with Crippen LogP contribution in [0.25, 0.3) is 0 Å². The third-order valence-corrected chi connectivity index (χ3v) is 5.75. The van der Waals surface area contributed by atoms with Crippen LogP contribution in [-0.4, -0.2) is 56.9 Å². The van der Waals surface area contributed by atoms with Gasteiger partial charge in [-0.15, -0.1) is 5.10 Å². The smallest absolute Gasteiger partial charge is 0.273 e. The summed E-state index contributed by atoms with van der Waals surface area (Å²) in [5.41, 5.74) is 0.342. The number of hydrogen-bond acceptors (Lipinski definition) is 5. The summed E-state index contributed by atoms with van der Waals surface area (Å²) in [6, 6.07) is 7.41. The van der Waals surface area contributed by atoms with Crippen molar-refractivity contribution in [3.63, 3.8) is 0 Å². The van der Waals surface area contributed by atoms with Crippen LogP contribution in [0.2, 0.25) is 5.02 Å². The zero-order chi connectivity index (χ0) is 20.9. The molecule has 1 saturated heterocycles. The highest BCUT2D eigenvalue weighted by molar-refractivity contribution is 6.30. The summed E-state index contributed by atoms with van der Waals surface area (Å²) in [5, 5.41) is 11.6. The molecule has 1 aromatic carbocycles. The molecule has 2 amide bonds. The number of rotatable bonds is 8. The number of amides is 2. The number of ether oxygens (including phenoxy) is 1. The van der Waals surface area contributed by atoms with Crippen molar-refractivity contribution in [3.05, 3.63) is 41.2 Å². The summed E-state index contributed by atoms with van der Waals surface area (Å²) in [4.78, 5) is 26.7. The highest BCUT2D eigenvalue weighted by Gasteiger charge is 2.27. The van der Waals surface area contributed by atoms with Gasteiger partial charge >= 0.3 is 0 Å². The number of halogens is 1. The van der Waals surface area contributed by atoms with Gasteiger partial charge in [-0.1, -0.05) is 16.8 Å². The molecule has 30 heavy (non-hydrogen) atoms. The third kappa shape index (κ3) is 5.50. The molecule has 1 saturated carbocycles. The Bertz CT molecular complexity index is 881. The van der Waals surface area contributed by atoms with Gasteiger partial charge in [-0.25, -0.2) is 0 Å². The van der Waals surface area contributed by atoms with Gasteiger partial charge < -0.3 is 15.0 Å². The van der Waals surface area contributed by atoms with Gasteiger partial charge in [0.25, 0.3) is 11.8 Å². The molecule has 1 aromatic heterocycles. The molecule has 1 unspecified atom stereocenters. The second-order valence-electron chi connectivity index (χ2n) is 7.88. The van der Waals surface area contributed by atoms with E-state index >= 15 is 0 Å². The number of aryl methyl sites for hydroxylation is 1. The van der Waals surface area contributed by atoms with Crippen molar-refractivity contribution in [3.8, 4) is 5.75 Å². The Balaban J connectivity index is 1.28. The number of nitrogens with zero attached hydrogens (tertiary/aromatic N) is 4. The van der Waals surface area contributed by atoms with Gasteiger partial charge in [0.1, 0.15) is 5.75 Å². The molecule has 9 heteroatoms. The first-order valence-corrected chi connectivity index (χ1v) is 10.8. The summed E-state index contributed by atoms with van der Waals surface area (Å²) in [5.74, 6) is 0.441. The van der Waals surface area contributed by atoms with Crippen LogP contribution in [0.4, 0.5) is 0 Å². The zero-order valence-electron chi connectivity index (χ0n) is 16.8. The van der Waals surface area contributed by atoms with E-state index in [2.05, 4.69) is 15.6 Å². The van der Waals surface area contributed by atoms with Gasteiger partial charge in [-0.3, -0.25) is 14.3 Å². The number of piperidine rings is 1. The van der Waals surface area contributed by atoms with Crippen molar-refractivity contribution in [2.24, 2.45) is 0 Å². The summed E-state index contributed by atoms with van der Waals surface area (Å²) < 4.78 is 7.32. The Labute approximate surface area is 180 Å². The topological polar surface area (TPSA) is 89.4 Å². The van der Waals surface area contributed by atoms with E-state index < -0.39 is 0 Å². The van der Waals surface area contributed by atoms with Crippen molar-refractivity contribution in [2.75, 3.05) is 13.2 Å². The fourth-order valence-corrected chi connectivity index (χ4v) is 3.79. The molecule has 1 N–H and O–H groups in total. The zero-order valence-corrected chi connectivity index (χ0v) is 17.6. The standard InChI is InChI=1S/C21H26ClN5O3/c22-15-4-8-18(9-5-15)30-14-20(28)27-11-2-1-3-17(27)10-12-26-13-19(24-25-26)21(29)23-16-6-7-16/h4-5,8-9,13,16-17H,1-3,6-7,10-12,14H2,(H,23,29). The van der Waals surface area contributed by atoms with E-state index in [0.29, 0.717) is 29.1 Å². The molecule has 1 aliphatic carbocycles. The number of carbonyl (C=O) groups excluding carboxylic acids is 2. The first kappa shape index (κ1) is 20.7. The van der Waals surface area contributed by atoms with Gasteiger partial charge in [0.2, 0.25) is 0 Å². The summed E-state index contributed by atoms with van der Waals surface area (Å²) in [7, 11) is 0. The van der Waals surface area contributed by atoms with Crippen LogP contribution >= 0.6 is 11.6 Å². The minimum atomic E-state index is -0.169. The van der Waals surface area contributed by atoms with Crippen molar-refractivity contribution in [1.29, 1.82) is 0 Å². The SMILES string of the molecule is O=C(NC1CC1)c1cn(CCC2CCCCN2C(=O)COc2ccc(Cl)cc2)nn1. The number of benzene rings is 1. The number of carbonyl (C=O) groups is 2. The van der Waals surface area contributed by atoms with Crippen LogP contribution in [-0.2, 0) is 11.3 Å². The first-order chi connectivity index (χ1) is 14.6. The molecule has 1 aliphatic heterocycles. The van der Waals surface area contributed by atoms with Crippen molar-refractivity contribution < 1.29 is 14.3 Å². The van der Waals surface area contributed by atoms with Gasteiger partial charge in [-0.2, -0.15) is 0 Å². The summed E-state index contributed by atoms with van der Waals surface area (Å²) in [6.45, 7) is 1.35. The third-order valence-electron chi connectivity index (χ3n) is 5.50. The van der Waals surface area contributed by atoms with Crippen molar-refractivity contribution in [1.82, 2.24) is 25.2 Å². The Morgan fingerprint density at radius 1 is 1.17 bits per heavy atom. The maximum atomic E-state index is 12.7. The first-order valence-electron chi connectivity index (χ1n) is 10.5. The molecule has 8 nitrogen and oxygen atoms in total. The lowest BCUT2D eigenvalue weighted by atomic mass is 9.99. The number of likely N-dealkylation sites (tertiary alicyclic amines) is 1. The van der Waals surface area contributed by atoms with Crippen molar-refractivity contribution >= 4 is 23.4 Å². The summed E-state index contributed by atoms with van der Waals surface area (Å²) in [6.07, 6.45) is 7.56. The Hall–Kier alpha value is -2.61. The molecule has 2 aromatic rings. The second-order valence-corrected chi connectivity index (χ2v) is 8.32. The van der Waals surface area contributed by atoms with Gasteiger partial charge in [0, 0.05) is 30.2 Å². The molecule has 1 atom stereocenters. The monoisotopic (exact) mass is 431 g/mol. The highest BCUT2D eigenvalue weighted by atomic mass is 35.5. The fourth-order valence-electron chi connectivity index (χ4n) is 3.67. The predicted octanol–water partition coefficient (Wildman–Crippen LogP) is 2.67. The Morgan fingerprint density at radius 3 is 2.73 bits per heavy atom. The van der Waals surface area contributed by atoms with E-state index in [-0.39, 0.29) is 24.5 Å². The second kappa shape index (κ2) is 9.47. The number of aromatic nitrogens is 3. The number of hydrogen-bond donors (Lipinski definition) is 1. The van der Waals surface area contributed by atoms with Crippen LogP contribution in [0, 0.1) is 0 Å². The maximum Gasteiger partial charge on any atom is 0.273 e. The average Bonchev–Trinajstić information content (AvgIpc) is 3.44. The molecular formula is C21H26ClN5O3. The van der Waals surface area contributed by atoms with Gasteiger partial charge in [-0.05, 0) is 62.8 Å². The highest BCUT2D eigenvalue weighted by Crippen LogP contribution is 2.22. The van der Waals surface area contributed by atoms with Crippen molar-refractivity contribution in [2.45, 2.75) is 57.2 Å².